The second kappa shape index (κ2) is 6.02. The topological polar surface area (TPSA) is 68.5 Å². The van der Waals surface area contributed by atoms with Crippen LogP contribution in [0.1, 0.15) is 36.5 Å². The van der Waals surface area contributed by atoms with Crippen LogP contribution in [0.4, 0.5) is 5.82 Å². The van der Waals surface area contributed by atoms with Crippen molar-refractivity contribution in [3.05, 3.63) is 23.9 Å². The van der Waals surface area contributed by atoms with Gasteiger partial charge in [0.1, 0.15) is 5.82 Å². The van der Waals surface area contributed by atoms with E-state index in [1.165, 1.54) is 13.5 Å². The van der Waals surface area contributed by atoms with Gasteiger partial charge in [0.15, 0.2) is 0 Å². The van der Waals surface area contributed by atoms with Crippen molar-refractivity contribution in [2.45, 2.75) is 38.3 Å². The second-order valence-corrected chi connectivity index (χ2v) is 4.97. The summed E-state index contributed by atoms with van der Waals surface area (Å²) in [4.78, 5) is 18.2. The lowest BCUT2D eigenvalue weighted by Crippen LogP contribution is -2.49. The van der Waals surface area contributed by atoms with Crippen molar-refractivity contribution >= 4 is 11.8 Å². The Morgan fingerprint density at radius 1 is 1.58 bits per heavy atom. The van der Waals surface area contributed by atoms with Crippen LogP contribution in [-0.2, 0) is 4.74 Å². The number of methoxy groups -OCH3 is 1. The summed E-state index contributed by atoms with van der Waals surface area (Å²) >= 11 is 0. The zero-order valence-electron chi connectivity index (χ0n) is 11.5. The van der Waals surface area contributed by atoms with Gasteiger partial charge in [-0.1, -0.05) is 0 Å². The van der Waals surface area contributed by atoms with Gasteiger partial charge >= 0.3 is 5.97 Å². The maximum Gasteiger partial charge on any atom is 0.338 e. The monoisotopic (exact) mass is 263 g/mol. The smallest absolute Gasteiger partial charge is 0.338 e. The third-order valence-electron chi connectivity index (χ3n) is 3.73. The molecule has 1 aromatic heterocycles. The molecule has 5 nitrogen and oxygen atoms in total. The van der Waals surface area contributed by atoms with Crippen LogP contribution in [0.5, 0.6) is 0 Å². The zero-order chi connectivity index (χ0) is 13.8. The highest BCUT2D eigenvalue weighted by Crippen LogP contribution is 2.27. The molecule has 1 aliphatic heterocycles. The summed E-state index contributed by atoms with van der Waals surface area (Å²) in [7, 11) is 1.38. The maximum atomic E-state index is 11.6. The maximum absolute atomic E-state index is 11.6. The van der Waals surface area contributed by atoms with E-state index in [-0.39, 0.29) is 5.97 Å². The summed E-state index contributed by atoms with van der Waals surface area (Å²) in [6, 6.07) is 4.14. The van der Waals surface area contributed by atoms with Crippen LogP contribution in [0.2, 0.25) is 0 Å². The van der Waals surface area contributed by atoms with E-state index in [0.717, 1.165) is 18.7 Å². The van der Waals surface area contributed by atoms with Crippen molar-refractivity contribution in [1.29, 1.82) is 0 Å². The summed E-state index contributed by atoms with van der Waals surface area (Å²) in [6.07, 6.45) is 5.04. The second-order valence-electron chi connectivity index (χ2n) is 4.97. The number of pyridine rings is 1. The number of carbonyl (C=O) groups is 1. The fourth-order valence-corrected chi connectivity index (χ4v) is 2.74. The molecule has 19 heavy (non-hydrogen) atoms. The van der Waals surface area contributed by atoms with E-state index in [1.54, 1.807) is 18.3 Å². The largest absolute Gasteiger partial charge is 0.465 e. The molecule has 0 bridgehead atoms. The fraction of sp³-hybridized carbons (Fsp3) is 0.571. The summed E-state index contributed by atoms with van der Waals surface area (Å²) in [5, 5.41) is 0. The van der Waals surface area contributed by atoms with E-state index in [4.69, 9.17) is 10.5 Å². The van der Waals surface area contributed by atoms with Gasteiger partial charge in [-0.3, -0.25) is 0 Å². The Hall–Kier alpha value is -1.62. The number of aromatic nitrogens is 1. The highest BCUT2D eigenvalue weighted by atomic mass is 16.5. The van der Waals surface area contributed by atoms with E-state index < -0.39 is 0 Å². The predicted molar refractivity (Wildman–Crippen MR) is 74.2 cm³/mol. The van der Waals surface area contributed by atoms with Gasteiger partial charge in [-0.25, -0.2) is 9.78 Å². The van der Waals surface area contributed by atoms with Gasteiger partial charge in [-0.15, -0.1) is 0 Å². The highest BCUT2D eigenvalue weighted by Gasteiger charge is 2.28. The fourth-order valence-electron chi connectivity index (χ4n) is 2.74. The average Bonchev–Trinajstić information content (AvgIpc) is 2.46. The normalized spacial score (nSPS) is 23.2. The lowest BCUT2D eigenvalue weighted by Gasteiger charge is -2.41. The first-order valence-electron chi connectivity index (χ1n) is 6.70. The minimum absolute atomic E-state index is 0.296. The van der Waals surface area contributed by atoms with Crippen LogP contribution < -0.4 is 10.6 Å². The number of ether oxygens (including phenoxy) is 1. The quantitative estimate of drug-likeness (QED) is 0.838. The van der Waals surface area contributed by atoms with Gasteiger partial charge in [-0.05, 0) is 38.3 Å². The van der Waals surface area contributed by atoms with Gasteiger partial charge in [0.2, 0.25) is 0 Å². The SMILES string of the molecule is COC(=O)c1ccnc(N2C(C)CCCC2CN)c1. The van der Waals surface area contributed by atoms with E-state index in [0.29, 0.717) is 24.2 Å². The van der Waals surface area contributed by atoms with Crippen LogP contribution in [0.15, 0.2) is 18.3 Å². The molecule has 2 atom stereocenters. The van der Waals surface area contributed by atoms with Crippen LogP contribution in [0.3, 0.4) is 0 Å². The third kappa shape index (κ3) is 2.87. The van der Waals surface area contributed by atoms with Crippen molar-refractivity contribution in [1.82, 2.24) is 4.98 Å². The number of hydrogen-bond acceptors (Lipinski definition) is 5. The van der Waals surface area contributed by atoms with Crippen molar-refractivity contribution < 1.29 is 9.53 Å². The predicted octanol–water partition coefficient (Wildman–Crippen LogP) is 1.57. The molecular formula is C14H21N3O2. The summed E-state index contributed by atoms with van der Waals surface area (Å²) < 4.78 is 4.75. The number of carbonyl (C=O) groups excluding carboxylic acids is 1. The third-order valence-corrected chi connectivity index (χ3v) is 3.73. The lowest BCUT2D eigenvalue weighted by atomic mass is 9.96. The Bertz CT molecular complexity index is 450. The number of nitrogens with zero attached hydrogens (tertiary/aromatic N) is 2. The molecule has 0 aromatic carbocycles. The first-order chi connectivity index (χ1) is 9.17. The van der Waals surface area contributed by atoms with E-state index in [9.17, 15) is 4.79 Å². The molecule has 2 N–H and O–H groups in total. The number of rotatable bonds is 3. The van der Waals surface area contributed by atoms with Gasteiger partial charge < -0.3 is 15.4 Å². The molecule has 1 saturated heterocycles. The molecular weight excluding hydrogens is 242 g/mol. The average molecular weight is 263 g/mol. The molecule has 1 aromatic rings. The lowest BCUT2D eigenvalue weighted by molar-refractivity contribution is 0.0600. The van der Waals surface area contributed by atoms with Crippen LogP contribution in [0.25, 0.3) is 0 Å². The van der Waals surface area contributed by atoms with E-state index in [2.05, 4.69) is 16.8 Å². The minimum Gasteiger partial charge on any atom is -0.465 e. The number of esters is 1. The number of piperidine rings is 1. The van der Waals surface area contributed by atoms with Gasteiger partial charge in [0.25, 0.3) is 0 Å². The Balaban J connectivity index is 2.30. The Labute approximate surface area is 113 Å². The molecule has 0 saturated carbocycles. The minimum atomic E-state index is -0.336. The highest BCUT2D eigenvalue weighted by molar-refractivity contribution is 5.90. The molecule has 1 aliphatic rings. The van der Waals surface area contributed by atoms with E-state index >= 15 is 0 Å². The van der Waals surface area contributed by atoms with Crippen molar-refractivity contribution in [3.63, 3.8) is 0 Å². The molecule has 104 valence electrons. The summed E-state index contributed by atoms with van der Waals surface area (Å²) in [6.45, 7) is 2.78. The molecule has 2 rings (SSSR count). The van der Waals surface area contributed by atoms with Crippen LogP contribution >= 0.6 is 0 Å². The summed E-state index contributed by atoms with van der Waals surface area (Å²) in [5.74, 6) is 0.475. The van der Waals surface area contributed by atoms with Crippen LogP contribution in [0, 0.1) is 0 Å². The molecule has 0 aliphatic carbocycles. The molecule has 1 fully saturated rings. The standard InChI is InChI=1S/C14H21N3O2/c1-10-4-3-5-12(9-15)17(10)13-8-11(6-7-16-13)14(18)19-2/h6-8,10,12H,3-5,9,15H2,1-2H3. The molecule has 2 unspecified atom stereocenters. The van der Waals surface area contributed by atoms with E-state index in [1.807, 2.05) is 0 Å². The van der Waals surface area contributed by atoms with Crippen molar-refractivity contribution in [2.24, 2.45) is 5.73 Å². The van der Waals surface area contributed by atoms with Crippen LogP contribution in [-0.4, -0.2) is 36.7 Å². The Morgan fingerprint density at radius 2 is 2.37 bits per heavy atom. The molecule has 5 heteroatoms. The number of anilines is 1. The Morgan fingerprint density at radius 3 is 3.05 bits per heavy atom. The zero-order valence-corrected chi connectivity index (χ0v) is 11.5. The molecule has 2 heterocycles. The van der Waals surface area contributed by atoms with Crippen molar-refractivity contribution in [2.75, 3.05) is 18.6 Å². The summed E-state index contributed by atoms with van der Waals surface area (Å²) in [5.41, 5.74) is 6.38. The molecule has 0 amide bonds. The first kappa shape index (κ1) is 13.8. The first-order valence-corrected chi connectivity index (χ1v) is 6.70. The van der Waals surface area contributed by atoms with Gasteiger partial charge in [0, 0.05) is 24.8 Å². The number of nitrogens with two attached hydrogens (primary N) is 1. The molecule has 0 radical (unpaired) electrons. The Kier molecular flexibility index (Phi) is 4.37. The van der Waals surface area contributed by atoms with Gasteiger partial charge in [-0.2, -0.15) is 0 Å². The number of hydrogen-bond donors (Lipinski definition) is 1. The molecule has 0 spiro atoms. The van der Waals surface area contributed by atoms with Crippen molar-refractivity contribution in [3.8, 4) is 0 Å². The van der Waals surface area contributed by atoms with Gasteiger partial charge in [0.05, 0.1) is 12.7 Å².